The number of allylic oxidation sites excluding steroid dienone is 8. The summed E-state index contributed by atoms with van der Waals surface area (Å²) >= 11 is -0.645. The summed E-state index contributed by atoms with van der Waals surface area (Å²) in [5, 5.41) is 0. The molecule has 0 atom stereocenters. The first kappa shape index (κ1) is 21.4. The number of hydrogen-bond acceptors (Lipinski definition) is 0. The van der Waals surface area contributed by atoms with Gasteiger partial charge >= 0.3 is 130 Å². The maximum Gasteiger partial charge on any atom is -1.00 e. The summed E-state index contributed by atoms with van der Waals surface area (Å²) in [6, 6.07) is 0. The van der Waals surface area contributed by atoms with E-state index < -0.39 is 23.2 Å². The zero-order valence-corrected chi connectivity index (χ0v) is 18.4. The number of halogens is 2. The van der Waals surface area contributed by atoms with Crippen LogP contribution in [0.4, 0.5) is 0 Å². The first-order valence-corrected chi connectivity index (χ1v) is 9.67. The van der Waals surface area contributed by atoms with Crippen molar-refractivity contribution in [1.82, 2.24) is 0 Å². The molecule has 0 heterocycles. The van der Waals surface area contributed by atoms with E-state index in [0.717, 1.165) is 0 Å². The van der Waals surface area contributed by atoms with Crippen molar-refractivity contribution in [2.75, 3.05) is 0 Å². The molecule has 3 heteroatoms. The maximum absolute atomic E-state index is 2.43. The average Bonchev–Trinajstić information content (AvgIpc) is 2.64. The third-order valence-electron chi connectivity index (χ3n) is 5.28. The summed E-state index contributed by atoms with van der Waals surface area (Å²) in [5.74, 6) is 0. The van der Waals surface area contributed by atoms with Crippen LogP contribution in [0.15, 0.2) is 40.0 Å². The molecule has 0 unspecified atom stereocenters. The summed E-state index contributed by atoms with van der Waals surface area (Å²) in [7, 11) is 0. The van der Waals surface area contributed by atoms with Gasteiger partial charge in [0.2, 0.25) is 0 Å². The standard InChI is InChI=1S/C10H15.C8H11.2ClH.Zr/c1-7-6-10(4,5)9(3)8(7)2;1-6-4-7(2)8(3)5-6;;;/h1-5H3;4H2,1-3H3;2*1H;/q;;;;+2/p-2. The predicted molar refractivity (Wildman–Crippen MR) is 80.5 cm³/mol. The van der Waals surface area contributed by atoms with Gasteiger partial charge in [-0.3, -0.25) is 0 Å². The fourth-order valence-electron chi connectivity index (χ4n) is 3.32. The normalized spacial score (nSPS) is 20.8. The van der Waals surface area contributed by atoms with Crippen LogP contribution in [-0.4, -0.2) is 0 Å². The van der Waals surface area contributed by atoms with Crippen molar-refractivity contribution in [3.05, 3.63) is 40.0 Å². The van der Waals surface area contributed by atoms with Crippen LogP contribution in [0.25, 0.3) is 0 Å². The Kier molecular flexibility index (Phi) is 7.48. The van der Waals surface area contributed by atoms with Gasteiger partial charge in [0.15, 0.2) is 0 Å². The van der Waals surface area contributed by atoms with Crippen LogP contribution in [0, 0.1) is 5.41 Å². The monoisotopic (exact) mass is 402 g/mol. The zero-order chi connectivity index (χ0) is 14.5. The topological polar surface area (TPSA) is 0 Å². The Morgan fingerprint density at radius 1 is 0.762 bits per heavy atom. The molecule has 2 aliphatic rings. The van der Waals surface area contributed by atoms with Crippen molar-refractivity contribution in [2.45, 2.75) is 61.8 Å². The second-order valence-corrected chi connectivity index (χ2v) is 9.81. The molecule has 0 amide bonds. The summed E-state index contributed by atoms with van der Waals surface area (Å²) in [6.07, 6.45) is 1.22. The first-order valence-electron chi connectivity index (χ1n) is 7.21. The van der Waals surface area contributed by atoms with Crippen LogP contribution in [-0.2, 0) is 23.2 Å². The third-order valence-corrected chi connectivity index (χ3v) is 10.9. The van der Waals surface area contributed by atoms with Crippen molar-refractivity contribution in [1.29, 1.82) is 0 Å². The van der Waals surface area contributed by atoms with Crippen LogP contribution in [0.2, 0.25) is 0 Å². The molecule has 0 fully saturated rings. The van der Waals surface area contributed by atoms with Gasteiger partial charge in [-0.2, -0.15) is 0 Å². The Balaban J connectivity index is 0.00000200. The minimum absolute atomic E-state index is 0. The first-order chi connectivity index (χ1) is 8.67. The molecule has 0 aromatic carbocycles. The molecule has 116 valence electrons. The molecule has 0 saturated heterocycles. The summed E-state index contributed by atoms with van der Waals surface area (Å²) in [4.78, 5) is 0. The smallest absolute Gasteiger partial charge is 1.00 e. The Morgan fingerprint density at radius 3 is 1.62 bits per heavy atom. The van der Waals surface area contributed by atoms with Crippen molar-refractivity contribution < 1.29 is 48.0 Å². The fraction of sp³-hybridized carbons (Fsp3) is 0.556. The molecular weight excluding hydrogens is 378 g/mol. The quantitative estimate of drug-likeness (QED) is 0.595. The van der Waals surface area contributed by atoms with Crippen LogP contribution in [0.3, 0.4) is 0 Å². The van der Waals surface area contributed by atoms with E-state index in [9.17, 15) is 0 Å². The van der Waals surface area contributed by atoms with Crippen molar-refractivity contribution in [3.63, 3.8) is 0 Å². The largest absolute Gasteiger partial charge is 1.00 e. The molecule has 0 radical (unpaired) electrons. The summed E-state index contributed by atoms with van der Waals surface area (Å²) in [6.45, 7) is 18.8. The Morgan fingerprint density at radius 2 is 1.29 bits per heavy atom. The molecule has 0 spiro atoms. The number of rotatable bonds is 2. The molecule has 0 aromatic heterocycles. The number of hydrogen-bond donors (Lipinski definition) is 0. The minimum atomic E-state index is -0.645. The van der Waals surface area contributed by atoms with Crippen LogP contribution >= 0.6 is 0 Å². The fourth-order valence-corrected chi connectivity index (χ4v) is 7.81. The zero-order valence-electron chi connectivity index (χ0n) is 14.5. The second-order valence-electron chi connectivity index (χ2n) is 6.74. The van der Waals surface area contributed by atoms with Crippen molar-refractivity contribution in [2.24, 2.45) is 5.41 Å². The Hall–Kier alpha value is 0.423. The SMILES string of the molecule is CC1=C(C)[C]([Zr+2][C]2=C(C)C(C)=C(C)C2(C)C)=C(C)C1.[Cl-].[Cl-]. The van der Waals surface area contributed by atoms with E-state index in [4.69, 9.17) is 0 Å². The van der Waals surface area contributed by atoms with Gasteiger partial charge in [0.25, 0.3) is 0 Å². The predicted octanol–water partition coefficient (Wildman–Crippen LogP) is -0.259. The van der Waals surface area contributed by atoms with Gasteiger partial charge in [0.1, 0.15) is 0 Å². The molecule has 0 bridgehead atoms. The third kappa shape index (κ3) is 3.51. The molecule has 0 aliphatic heterocycles. The van der Waals surface area contributed by atoms with E-state index in [2.05, 4.69) is 55.4 Å². The van der Waals surface area contributed by atoms with Crippen LogP contribution in [0.1, 0.15) is 61.8 Å². The van der Waals surface area contributed by atoms with E-state index in [1.54, 1.807) is 40.0 Å². The summed E-state index contributed by atoms with van der Waals surface area (Å²) < 4.78 is 3.57. The van der Waals surface area contributed by atoms with Gasteiger partial charge in [-0.1, -0.05) is 0 Å². The van der Waals surface area contributed by atoms with Crippen molar-refractivity contribution >= 4 is 0 Å². The van der Waals surface area contributed by atoms with Gasteiger partial charge in [-0.25, -0.2) is 0 Å². The molecule has 2 aliphatic carbocycles. The van der Waals surface area contributed by atoms with E-state index in [1.807, 2.05) is 0 Å². The van der Waals surface area contributed by atoms with Crippen molar-refractivity contribution in [3.8, 4) is 0 Å². The second kappa shape index (κ2) is 7.33. The average molecular weight is 405 g/mol. The molecule has 21 heavy (non-hydrogen) atoms. The van der Waals surface area contributed by atoms with Gasteiger partial charge in [-0.05, 0) is 0 Å². The molecule has 0 nitrogen and oxygen atoms in total. The summed E-state index contributed by atoms with van der Waals surface area (Å²) in [5.41, 5.74) is 9.92. The Bertz CT molecular complexity index is 572. The van der Waals surface area contributed by atoms with Gasteiger partial charge in [0, 0.05) is 0 Å². The maximum atomic E-state index is 2.43. The van der Waals surface area contributed by atoms with E-state index in [1.165, 1.54) is 6.42 Å². The molecule has 0 aromatic rings. The van der Waals surface area contributed by atoms with E-state index >= 15 is 0 Å². The van der Waals surface area contributed by atoms with Gasteiger partial charge in [-0.15, -0.1) is 0 Å². The molecule has 2 rings (SSSR count). The van der Waals surface area contributed by atoms with E-state index in [-0.39, 0.29) is 24.8 Å². The minimum Gasteiger partial charge on any atom is -1.00 e. The van der Waals surface area contributed by atoms with Gasteiger partial charge in [0.05, 0.1) is 0 Å². The molecule has 0 saturated carbocycles. The Labute approximate surface area is 154 Å². The van der Waals surface area contributed by atoms with Crippen LogP contribution < -0.4 is 24.8 Å². The van der Waals surface area contributed by atoms with E-state index in [0.29, 0.717) is 5.41 Å². The molecule has 0 N–H and O–H groups in total. The van der Waals surface area contributed by atoms with Crippen LogP contribution in [0.5, 0.6) is 0 Å². The molecular formula is C18H26Cl2Zr. The van der Waals surface area contributed by atoms with Gasteiger partial charge < -0.3 is 24.8 Å².